The largest absolute Gasteiger partial charge is 0.324 e. The second-order valence-corrected chi connectivity index (χ2v) is 6.53. The minimum absolute atomic E-state index is 0.216. The minimum atomic E-state index is -0.677. The molecule has 4 rings (SSSR count). The molecule has 28 heavy (non-hydrogen) atoms. The normalized spacial score (nSPS) is 16.1. The number of amides is 2. The Morgan fingerprint density at radius 1 is 0.929 bits per heavy atom. The third kappa shape index (κ3) is 3.36. The summed E-state index contributed by atoms with van der Waals surface area (Å²) < 4.78 is 27.3. The number of hydrogen-bond donors (Lipinski definition) is 1. The number of rotatable bonds is 2. The molecule has 1 aliphatic heterocycles. The van der Waals surface area contributed by atoms with E-state index in [0.29, 0.717) is 11.3 Å². The summed E-state index contributed by atoms with van der Waals surface area (Å²) in [7, 11) is 0. The number of fused-ring (bicyclic) bond motifs is 1. The summed E-state index contributed by atoms with van der Waals surface area (Å²) in [4.78, 5) is 27.0. The molecule has 1 atom stereocenters. The summed E-state index contributed by atoms with van der Waals surface area (Å²) in [5, 5.41) is 2.74. The molecular formula is C22H16F2N2O2. The molecule has 1 heterocycles. The Bertz CT molecular complexity index is 1040. The molecule has 0 spiro atoms. The molecule has 0 radical (unpaired) electrons. The van der Waals surface area contributed by atoms with Crippen molar-refractivity contribution >= 4 is 17.5 Å². The van der Waals surface area contributed by atoms with Gasteiger partial charge in [0.1, 0.15) is 18.2 Å². The Labute approximate surface area is 160 Å². The van der Waals surface area contributed by atoms with Gasteiger partial charge in [-0.05, 0) is 48.0 Å². The molecule has 140 valence electrons. The highest BCUT2D eigenvalue weighted by molar-refractivity contribution is 6.01. The molecule has 1 N–H and O–H groups in total. The molecule has 4 nitrogen and oxygen atoms in total. The SMILES string of the molecule is O=C1CN(C(=O)c2ccc(F)cc2)[C@@H](c2ccccc2)c2cc(F)ccc2N1. The lowest BCUT2D eigenvalue weighted by Crippen LogP contribution is -2.39. The van der Waals surface area contributed by atoms with Crippen molar-refractivity contribution in [2.45, 2.75) is 6.04 Å². The van der Waals surface area contributed by atoms with Crippen molar-refractivity contribution in [3.8, 4) is 0 Å². The minimum Gasteiger partial charge on any atom is -0.324 e. The zero-order chi connectivity index (χ0) is 19.7. The first kappa shape index (κ1) is 17.9. The molecule has 1 aliphatic rings. The van der Waals surface area contributed by atoms with Gasteiger partial charge in [-0.15, -0.1) is 0 Å². The average Bonchev–Trinajstić information content (AvgIpc) is 2.84. The van der Waals surface area contributed by atoms with Gasteiger partial charge in [0.15, 0.2) is 0 Å². The van der Waals surface area contributed by atoms with E-state index in [4.69, 9.17) is 0 Å². The summed E-state index contributed by atoms with van der Waals surface area (Å²) in [5.41, 5.74) is 1.92. The van der Waals surface area contributed by atoms with Crippen molar-refractivity contribution in [2.24, 2.45) is 0 Å². The Morgan fingerprint density at radius 2 is 1.61 bits per heavy atom. The number of hydrogen-bond acceptors (Lipinski definition) is 2. The van der Waals surface area contributed by atoms with E-state index >= 15 is 0 Å². The fourth-order valence-electron chi connectivity index (χ4n) is 3.42. The van der Waals surface area contributed by atoms with Crippen LogP contribution in [0.5, 0.6) is 0 Å². The maximum absolute atomic E-state index is 14.1. The Kier molecular flexibility index (Phi) is 4.61. The first-order valence-electron chi connectivity index (χ1n) is 8.74. The third-order valence-corrected chi connectivity index (χ3v) is 4.68. The van der Waals surface area contributed by atoms with Gasteiger partial charge in [0.2, 0.25) is 5.91 Å². The van der Waals surface area contributed by atoms with E-state index < -0.39 is 23.6 Å². The van der Waals surface area contributed by atoms with Gasteiger partial charge in [-0.3, -0.25) is 9.59 Å². The third-order valence-electron chi connectivity index (χ3n) is 4.68. The van der Waals surface area contributed by atoms with Crippen LogP contribution in [0.25, 0.3) is 0 Å². The summed E-state index contributed by atoms with van der Waals surface area (Å²) in [5.74, 6) is -1.76. The number of carbonyl (C=O) groups excluding carboxylic acids is 2. The van der Waals surface area contributed by atoms with Crippen LogP contribution in [0.15, 0.2) is 72.8 Å². The first-order chi connectivity index (χ1) is 13.5. The lowest BCUT2D eigenvalue weighted by atomic mass is 9.95. The molecule has 6 heteroatoms. The first-order valence-corrected chi connectivity index (χ1v) is 8.74. The molecule has 2 amide bonds. The smallest absolute Gasteiger partial charge is 0.255 e. The standard InChI is InChI=1S/C22H16F2N2O2/c23-16-8-6-15(7-9-16)22(28)26-13-20(27)25-19-11-10-17(24)12-18(19)21(26)14-4-2-1-3-5-14/h1-12,21H,13H2,(H,25,27)/t21-/m0/s1. The summed E-state index contributed by atoms with van der Waals surface area (Å²) in [6.45, 7) is -0.216. The highest BCUT2D eigenvalue weighted by Crippen LogP contribution is 2.36. The molecule has 3 aromatic rings. The molecule has 0 fully saturated rings. The molecule has 0 bridgehead atoms. The highest BCUT2D eigenvalue weighted by Gasteiger charge is 2.34. The lowest BCUT2D eigenvalue weighted by molar-refractivity contribution is -0.117. The van der Waals surface area contributed by atoms with Gasteiger partial charge in [-0.1, -0.05) is 30.3 Å². The van der Waals surface area contributed by atoms with Crippen molar-refractivity contribution in [1.82, 2.24) is 4.90 Å². The molecule has 0 saturated heterocycles. The van der Waals surface area contributed by atoms with E-state index in [0.717, 1.165) is 5.56 Å². The van der Waals surface area contributed by atoms with E-state index in [1.165, 1.54) is 47.4 Å². The van der Waals surface area contributed by atoms with Crippen molar-refractivity contribution in [2.75, 3.05) is 11.9 Å². The highest BCUT2D eigenvalue weighted by atomic mass is 19.1. The predicted octanol–water partition coefficient (Wildman–Crippen LogP) is 4.15. The van der Waals surface area contributed by atoms with Crippen LogP contribution < -0.4 is 5.32 Å². The summed E-state index contributed by atoms with van der Waals surface area (Å²) in [6.07, 6.45) is 0. The molecular weight excluding hydrogens is 362 g/mol. The van der Waals surface area contributed by atoms with Crippen LogP contribution in [0, 0.1) is 11.6 Å². The van der Waals surface area contributed by atoms with Gasteiger partial charge in [0, 0.05) is 16.8 Å². The van der Waals surface area contributed by atoms with Gasteiger partial charge in [-0.2, -0.15) is 0 Å². The number of halogens is 2. The number of nitrogens with one attached hydrogen (secondary N) is 1. The zero-order valence-electron chi connectivity index (χ0n) is 14.7. The number of nitrogens with zero attached hydrogens (tertiary/aromatic N) is 1. The van der Waals surface area contributed by atoms with Crippen LogP contribution in [0.3, 0.4) is 0 Å². The van der Waals surface area contributed by atoms with E-state index in [1.807, 2.05) is 30.3 Å². The van der Waals surface area contributed by atoms with Gasteiger partial charge in [0.25, 0.3) is 5.91 Å². The van der Waals surface area contributed by atoms with Crippen LogP contribution in [0.1, 0.15) is 27.5 Å². The maximum atomic E-state index is 14.1. The van der Waals surface area contributed by atoms with Crippen molar-refractivity contribution in [1.29, 1.82) is 0 Å². The van der Waals surface area contributed by atoms with Gasteiger partial charge >= 0.3 is 0 Å². The van der Waals surface area contributed by atoms with Crippen LogP contribution in [0.2, 0.25) is 0 Å². The quantitative estimate of drug-likeness (QED) is 0.728. The van der Waals surface area contributed by atoms with Crippen LogP contribution in [-0.2, 0) is 4.79 Å². The predicted molar refractivity (Wildman–Crippen MR) is 101 cm³/mol. The van der Waals surface area contributed by atoms with Crippen LogP contribution >= 0.6 is 0 Å². The van der Waals surface area contributed by atoms with Crippen LogP contribution in [0.4, 0.5) is 14.5 Å². The van der Waals surface area contributed by atoms with E-state index in [2.05, 4.69) is 5.32 Å². The topological polar surface area (TPSA) is 49.4 Å². The average molecular weight is 378 g/mol. The maximum Gasteiger partial charge on any atom is 0.255 e. The van der Waals surface area contributed by atoms with Crippen molar-refractivity contribution < 1.29 is 18.4 Å². The molecule has 3 aromatic carbocycles. The molecule has 0 saturated carbocycles. The van der Waals surface area contributed by atoms with Gasteiger partial charge in [-0.25, -0.2) is 8.78 Å². The Hall–Kier alpha value is -3.54. The monoisotopic (exact) mass is 378 g/mol. The van der Waals surface area contributed by atoms with Gasteiger partial charge < -0.3 is 10.2 Å². The van der Waals surface area contributed by atoms with E-state index in [1.54, 1.807) is 0 Å². The Balaban J connectivity index is 1.88. The number of benzene rings is 3. The molecule has 0 aromatic heterocycles. The zero-order valence-corrected chi connectivity index (χ0v) is 14.7. The summed E-state index contributed by atoms with van der Waals surface area (Å²) in [6, 6.07) is 17.6. The van der Waals surface area contributed by atoms with Crippen LogP contribution in [-0.4, -0.2) is 23.3 Å². The Morgan fingerprint density at radius 3 is 2.32 bits per heavy atom. The van der Waals surface area contributed by atoms with Crippen molar-refractivity contribution in [3.05, 3.63) is 101 Å². The van der Waals surface area contributed by atoms with E-state index in [9.17, 15) is 18.4 Å². The van der Waals surface area contributed by atoms with Crippen molar-refractivity contribution in [3.63, 3.8) is 0 Å². The second kappa shape index (κ2) is 7.23. The number of anilines is 1. The van der Waals surface area contributed by atoms with E-state index in [-0.39, 0.29) is 18.0 Å². The van der Waals surface area contributed by atoms with Gasteiger partial charge in [0.05, 0.1) is 6.04 Å². The second-order valence-electron chi connectivity index (χ2n) is 6.53. The summed E-state index contributed by atoms with van der Waals surface area (Å²) >= 11 is 0. The fraction of sp³-hybridized carbons (Fsp3) is 0.0909. The number of carbonyl (C=O) groups is 2. The fourth-order valence-corrected chi connectivity index (χ4v) is 3.42. The lowest BCUT2D eigenvalue weighted by Gasteiger charge is -2.30. The molecule has 0 unspecified atom stereocenters. The molecule has 0 aliphatic carbocycles.